The summed E-state index contributed by atoms with van der Waals surface area (Å²) in [6, 6.07) is 12.3. The number of urea groups is 1. The molecule has 0 aliphatic carbocycles. The van der Waals surface area contributed by atoms with Gasteiger partial charge in [0, 0.05) is 0 Å². The van der Waals surface area contributed by atoms with E-state index in [9.17, 15) is 9.59 Å². The van der Waals surface area contributed by atoms with Crippen molar-refractivity contribution in [3.8, 4) is 11.5 Å². The van der Waals surface area contributed by atoms with Crippen molar-refractivity contribution >= 4 is 23.5 Å². The maximum absolute atomic E-state index is 13.2. The highest BCUT2D eigenvalue weighted by Crippen LogP contribution is 2.39. The Kier molecular flexibility index (Phi) is 4.44. The molecule has 0 unspecified atom stereocenters. The minimum Gasteiger partial charge on any atom is -0.486 e. The van der Waals surface area contributed by atoms with Crippen molar-refractivity contribution < 1.29 is 19.1 Å². The molecule has 0 radical (unpaired) electrons. The first kappa shape index (κ1) is 17.7. The molecule has 140 valence electrons. The van der Waals surface area contributed by atoms with Crippen molar-refractivity contribution in [2.24, 2.45) is 0 Å². The molecule has 4 rings (SSSR count). The van der Waals surface area contributed by atoms with Gasteiger partial charge in [-0.2, -0.15) is 0 Å². The third-order valence-electron chi connectivity index (χ3n) is 4.97. The first-order chi connectivity index (χ1) is 13.0. The molecule has 2 aliphatic heterocycles. The first-order valence-corrected chi connectivity index (χ1v) is 9.20. The summed E-state index contributed by atoms with van der Waals surface area (Å²) in [6.45, 7) is 2.86. The Labute approximate surface area is 162 Å². The van der Waals surface area contributed by atoms with E-state index in [0.29, 0.717) is 41.7 Å². The zero-order chi connectivity index (χ0) is 19.0. The highest BCUT2D eigenvalue weighted by atomic mass is 35.5. The minimum atomic E-state index is -1.05. The quantitative estimate of drug-likeness (QED) is 0.817. The average Bonchev–Trinajstić information content (AvgIpc) is 2.94. The fraction of sp³-hybridized carbons (Fsp3) is 0.300. The topological polar surface area (TPSA) is 67.9 Å². The molecule has 1 fully saturated rings. The molecule has 2 aromatic rings. The van der Waals surface area contributed by atoms with Crippen LogP contribution in [0.15, 0.2) is 42.5 Å². The molecule has 2 aromatic carbocycles. The molecule has 0 saturated carbocycles. The number of carbonyl (C=O) groups excluding carboxylic acids is 2. The number of imide groups is 1. The lowest BCUT2D eigenvalue weighted by atomic mass is 9.87. The number of amides is 3. The lowest BCUT2D eigenvalue weighted by Crippen LogP contribution is -2.43. The molecule has 0 spiro atoms. The van der Waals surface area contributed by atoms with Gasteiger partial charge in [-0.05, 0) is 29.7 Å². The van der Waals surface area contributed by atoms with Gasteiger partial charge in [-0.15, -0.1) is 0 Å². The van der Waals surface area contributed by atoms with Crippen LogP contribution < -0.4 is 14.8 Å². The van der Waals surface area contributed by atoms with Gasteiger partial charge in [0.15, 0.2) is 11.5 Å². The second kappa shape index (κ2) is 6.78. The van der Waals surface area contributed by atoms with Gasteiger partial charge in [0.1, 0.15) is 18.8 Å². The SMILES string of the molecule is CC[C@]1(c2ccccc2)NC(=O)N(Cc2cc(Cl)c3c(c2)OCCO3)C1=O. The van der Waals surface area contributed by atoms with E-state index in [2.05, 4.69) is 5.32 Å². The normalized spacial score (nSPS) is 21.3. The standard InChI is InChI=1S/C20H19ClN2O4/c1-2-20(14-6-4-3-5-7-14)18(24)23(19(25)22-20)12-13-10-15(21)17-16(11-13)26-8-9-27-17/h3-7,10-11H,2,8-9,12H2,1H3,(H,22,25)/t20-/m1/s1. The molecule has 0 aromatic heterocycles. The van der Waals surface area contributed by atoms with E-state index >= 15 is 0 Å². The van der Waals surface area contributed by atoms with E-state index < -0.39 is 11.6 Å². The molecule has 2 heterocycles. The molecule has 7 heteroatoms. The van der Waals surface area contributed by atoms with Gasteiger partial charge in [0.25, 0.3) is 5.91 Å². The lowest BCUT2D eigenvalue weighted by molar-refractivity contribution is -0.132. The molecular formula is C20H19ClN2O4. The summed E-state index contributed by atoms with van der Waals surface area (Å²) in [7, 11) is 0. The van der Waals surface area contributed by atoms with Crippen LogP contribution in [0.1, 0.15) is 24.5 Å². The van der Waals surface area contributed by atoms with E-state index in [-0.39, 0.29) is 12.5 Å². The molecule has 0 bridgehead atoms. The number of hydrogen-bond donors (Lipinski definition) is 1. The van der Waals surface area contributed by atoms with E-state index in [0.717, 1.165) is 5.56 Å². The highest BCUT2D eigenvalue weighted by molar-refractivity contribution is 6.32. The predicted octanol–water partition coefficient (Wildman–Crippen LogP) is 3.47. The van der Waals surface area contributed by atoms with E-state index in [1.54, 1.807) is 12.1 Å². The summed E-state index contributed by atoms with van der Waals surface area (Å²) in [6.07, 6.45) is 0.458. The van der Waals surface area contributed by atoms with E-state index in [1.165, 1.54) is 4.90 Å². The van der Waals surface area contributed by atoms with Crippen LogP contribution in [0.25, 0.3) is 0 Å². The number of nitrogens with zero attached hydrogens (tertiary/aromatic N) is 1. The van der Waals surface area contributed by atoms with Crippen molar-refractivity contribution in [2.45, 2.75) is 25.4 Å². The average molecular weight is 387 g/mol. The van der Waals surface area contributed by atoms with Gasteiger partial charge in [-0.1, -0.05) is 48.9 Å². The molecule has 6 nitrogen and oxygen atoms in total. The molecule has 1 saturated heterocycles. The first-order valence-electron chi connectivity index (χ1n) is 8.83. The Hall–Kier alpha value is -2.73. The fourth-order valence-electron chi connectivity index (χ4n) is 3.57. The summed E-state index contributed by atoms with van der Waals surface area (Å²) in [5, 5.41) is 3.28. The Morgan fingerprint density at radius 1 is 1.15 bits per heavy atom. The monoisotopic (exact) mass is 386 g/mol. The van der Waals surface area contributed by atoms with Crippen LogP contribution in [0.5, 0.6) is 11.5 Å². The number of hydrogen-bond acceptors (Lipinski definition) is 4. The van der Waals surface area contributed by atoms with Gasteiger partial charge in [-0.3, -0.25) is 9.69 Å². The molecule has 27 heavy (non-hydrogen) atoms. The molecule has 3 amide bonds. The van der Waals surface area contributed by atoms with Crippen molar-refractivity contribution in [3.05, 3.63) is 58.6 Å². The highest BCUT2D eigenvalue weighted by Gasteiger charge is 2.51. The van der Waals surface area contributed by atoms with Crippen LogP contribution in [-0.4, -0.2) is 30.1 Å². The molecular weight excluding hydrogens is 368 g/mol. The summed E-state index contributed by atoms with van der Waals surface area (Å²) in [5.41, 5.74) is 0.428. The minimum absolute atomic E-state index is 0.107. The van der Waals surface area contributed by atoms with Gasteiger partial charge in [0.05, 0.1) is 11.6 Å². The Morgan fingerprint density at radius 2 is 1.89 bits per heavy atom. The molecule has 1 N–H and O–H groups in total. The van der Waals surface area contributed by atoms with Crippen LogP contribution in [0.4, 0.5) is 4.79 Å². The zero-order valence-corrected chi connectivity index (χ0v) is 15.6. The molecule has 1 atom stereocenters. The number of halogens is 1. The zero-order valence-electron chi connectivity index (χ0n) is 14.8. The van der Waals surface area contributed by atoms with E-state index in [4.69, 9.17) is 21.1 Å². The summed E-state index contributed by atoms with van der Waals surface area (Å²) in [4.78, 5) is 27.0. The van der Waals surface area contributed by atoms with Crippen LogP contribution in [-0.2, 0) is 16.9 Å². The van der Waals surface area contributed by atoms with Gasteiger partial charge < -0.3 is 14.8 Å². The second-order valence-electron chi connectivity index (χ2n) is 6.55. The second-order valence-corrected chi connectivity index (χ2v) is 6.96. The number of nitrogens with one attached hydrogen (secondary N) is 1. The van der Waals surface area contributed by atoms with Gasteiger partial charge in [-0.25, -0.2) is 4.79 Å². The Bertz CT molecular complexity index is 902. The predicted molar refractivity (Wildman–Crippen MR) is 99.9 cm³/mol. The van der Waals surface area contributed by atoms with Crippen molar-refractivity contribution in [1.82, 2.24) is 10.2 Å². The number of benzene rings is 2. The van der Waals surface area contributed by atoms with Crippen LogP contribution in [0.3, 0.4) is 0 Å². The maximum Gasteiger partial charge on any atom is 0.325 e. The van der Waals surface area contributed by atoms with Gasteiger partial charge in [0.2, 0.25) is 0 Å². The summed E-state index contributed by atoms with van der Waals surface area (Å²) >= 11 is 6.28. The molecule has 2 aliphatic rings. The van der Waals surface area contributed by atoms with Crippen molar-refractivity contribution in [2.75, 3.05) is 13.2 Å². The largest absolute Gasteiger partial charge is 0.486 e. The smallest absolute Gasteiger partial charge is 0.325 e. The maximum atomic E-state index is 13.2. The number of rotatable bonds is 4. The van der Waals surface area contributed by atoms with E-state index in [1.807, 2.05) is 37.3 Å². The number of ether oxygens (including phenoxy) is 2. The summed E-state index contributed by atoms with van der Waals surface area (Å²) in [5.74, 6) is 0.754. The van der Waals surface area contributed by atoms with Crippen LogP contribution >= 0.6 is 11.6 Å². The van der Waals surface area contributed by atoms with Crippen LogP contribution in [0.2, 0.25) is 5.02 Å². The fourth-order valence-corrected chi connectivity index (χ4v) is 3.86. The third-order valence-corrected chi connectivity index (χ3v) is 5.25. The lowest BCUT2D eigenvalue weighted by Gasteiger charge is -2.26. The Balaban J connectivity index is 1.65. The number of carbonyl (C=O) groups is 2. The Morgan fingerprint density at radius 3 is 2.63 bits per heavy atom. The number of fused-ring (bicyclic) bond motifs is 1. The summed E-state index contributed by atoms with van der Waals surface area (Å²) < 4.78 is 11.1. The van der Waals surface area contributed by atoms with Crippen LogP contribution in [0, 0.1) is 0 Å². The third kappa shape index (κ3) is 2.90. The van der Waals surface area contributed by atoms with Crippen molar-refractivity contribution in [3.63, 3.8) is 0 Å². The van der Waals surface area contributed by atoms with Crippen molar-refractivity contribution in [1.29, 1.82) is 0 Å². The van der Waals surface area contributed by atoms with Gasteiger partial charge >= 0.3 is 6.03 Å².